The van der Waals surface area contributed by atoms with Crippen LogP contribution in [-0.4, -0.2) is 35.2 Å². The molecule has 2 fully saturated rings. The van der Waals surface area contributed by atoms with Gasteiger partial charge in [0.05, 0.1) is 18.4 Å². The van der Waals surface area contributed by atoms with Crippen molar-refractivity contribution in [1.82, 2.24) is 5.06 Å². The Balaban J connectivity index is 2.02. The number of hydroxylamine groups is 2. The zero-order valence-corrected chi connectivity index (χ0v) is 9.93. The first-order chi connectivity index (χ1) is 8.20. The second kappa shape index (κ2) is 5.49. The second-order valence-electron chi connectivity index (χ2n) is 4.82. The molecule has 2 rings (SSSR count). The van der Waals surface area contributed by atoms with E-state index in [1.54, 1.807) is 0 Å². The lowest BCUT2D eigenvalue weighted by Crippen LogP contribution is -2.44. The molecule has 5 nitrogen and oxygen atoms in total. The molecule has 1 amide bonds. The summed E-state index contributed by atoms with van der Waals surface area (Å²) in [6, 6.07) is 0. The number of carbonyl (C=O) groups excluding carboxylic acids is 1. The zero-order chi connectivity index (χ0) is 12.3. The van der Waals surface area contributed by atoms with Crippen molar-refractivity contribution in [3.05, 3.63) is 0 Å². The highest BCUT2D eigenvalue weighted by molar-refractivity contribution is 5.84. The number of hydrogen-bond donors (Lipinski definition) is 1. The summed E-state index contributed by atoms with van der Waals surface area (Å²) in [5.74, 6) is -1.89. The monoisotopic (exact) mass is 241 g/mol. The molecule has 1 saturated heterocycles. The maximum absolute atomic E-state index is 12.2. The molecule has 17 heavy (non-hydrogen) atoms. The van der Waals surface area contributed by atoms with E-state index in [-0.39, 0.29) is 11.8 Å². The summed E-state index contributed by atoms with van der Waals surface area (Å²) in [5.41, 5.74) is 0. The summed E-state index contributed by atoms with van der Waals surface area (Å²) in [6.45, 7) is 1.16. The smallest absolute Gasteiger partial charge is 0.307 e. The zero-order valence-electron chi connectivity index (χ0n) is 9.93. The average Bonchev–Trinajstić information content (AvgIpc) is 2.39. The Labute approximate surface area is 101 Å². The number of nitrogens with zero attached hydrogens (tertiary/aromatic N) is 1. The molecule has 1 aliphatic heterocycles. The molecule has 1 heterocycles. The molecule has 96 valence electrons. The highest BCUT2D eigenvalue weighted by Crippen LogP contribution is 2.32. The Morgan fingerprint density at radius 3 is 2.35 bits per heavy atom. The van der Waals surface area contributed by atoms with Gasteiger partial charge in [0.25, 0.3) is 0 Å². The van der Waals surface area contributed by atoms with Crippen molar-refractivity contribution in [3.63, 3.8) is 0 Å². The van der Waals surface area contributed by atoms with Crippen LogP contribution in [0.15, 0.2) is 0 Å². The lowest BCUT2D eigenvalue weighted by atomic mass is 9.78. The third kappa shape index (κ3) is 2.77. The van der Waals surface area contributed by atoms with Crippen LogP contribution in [0, 0.1) is 11.8 Å². The number of aliphatic carboxylic acids is 1. The van der Waals surface area contributed by atoms with Gasteiger partial charge < -0.3 is 5.11 Å². The lowest BCUT2D eigenvalue weighted by molar-refractivity contribution is -0.204. The van der Waals surface area contributed by atoms with E-state index >= 15 is 0 Å². The summed E-state index contributed by atoms with van der Waals surface area (Å²) >= 11 is 0. The van der Waals surface area contributed by atoms with E-state index in [4.69, 9.17) is 9.94 Å². The molecule has 0 spiro atoms. The van der Waals surface area contributed by atoms with E-state index < -0.39 is 11.9 Å². The Hall–Kier alpha value is -1.10. The molecular weight excluding hydrogens is 222 g/mol. The van der Waals surface area contributed by atoms with Crippen LogP contribution in [0.5, 0.6) is 0 Å². The van der Waals surface area contributed by atoms with Gasteiger partial charge in [-0.15, -0.1) is 0 Å². The van der Waals surface area contributed by atoms with Crippen molar-refractivity contribution >= 4 is 11.9 Å². The average molecular weight is 241 g/mol. The fourth-order valence-corrected chi connectivity index (χ4v) is 2.68. The molecule has 0 aromatic carbocycles. The van der Waals surface area contributed by atoms with Crippen molar-refractivity contribution in [2.24, 2.45) is 11.8 Å². The molecule has 1 saturated carbocycles. The molecule has 0 bridgehead atoms. The van der Waals surface area contributed by atoms with Gasteiger partial charge in [-0.2, -0.15) is 0 Å². The molecule has 0 aromatic rings. The van der Waals surface area contributed by atoms with Crippen LogP contribution in [0.25, 0.3) is 0 Å². The van der Waals surface area contributed by atoms with Gasteiger partial charge in [-0.3, -0.25) is 14.4 Å². The maximum atomic E-state index is 12.2. The van der Waals surface area contributed by atoms with Crippen molar-refractivity contribution in [2.45, 2.75) is 38.5 Å². The van der Waals surface area contributed by atoms with Gasteiger partial charge in [0.1, 0.15) is 0 Å². The minimum Gasteiger partial charge on any atom is -0.481 e. The van der Waals surface area contributed by atoms with E-state index in [1.807, 2.05) is 0 Å². The van der Waals surface area contributed by atoms with Crippen LogP contribution in [0.3, 0.4) is 0 Å². The third-order valence-electron chi connectivity index (χ3n) is 3.65. The van der Waals surface area contributed by atoms with E-state index in [0.29, 0.717) is 26.0 Å². The van der Waals surface area contributed by atoms with Crippen molar-refractivity contribution in [1.29, 1.82) is 0 Å². The number of carboxylic acid groups (broad SMARTS) is 1. The van der Waals surface area contributed by atoms with Crippen molar-refractivity contribution in [2.75, 3.05) is 13.2 Å². The predicted octanol–water partition coefficient (Wildman–Crippen LogP) is 1.43. The number of hydrogen-bond acceptors (Lipinski definition) is 3. The molecule has 0 aromatic heterocycles. The summed E-state index contributed by atoms with van der Waals surface area (Å²) < 4.78 is 0. The van der Waals surface area contributed by atoms with Gasteiger partial charge >= 0.3 is 5.97 Å². The number of amides is 1. The van der Waals surface area contributed by atoms with Crippen LogP contribution in [0.4, 0.5) is 0 Å². The first kappa shape index (κ1) is 12.4. The van der Waals surface area contributed by atoms with Crippen molar-refractivity contribution < 1.29 is 19.5 Å². The molecule has 1 aliphatic carbocycles. The van der Waals surface area contributed by atoms with E-state index in [0.717, 1.165) is 25.7 Å². The molecule has 0 radical (unpaired) electrons. The third-order valence-corrected chi connectivity index (χ3v) is 3.65. The van der Waals surface area contributed by atoms with Gasteiger partial charge in [0, 0.05) is 6.54 Å². The fraction of sp³-hybridized carbons (Fsp3) is 0.833. The number of carbonyl (C=O) groups is 2. The van der Waals surface area contributed by atoms with Crippen LogP contribution in [-0.2, 0) is 14.4 Å². The topological polar surface area (TPSA) is 66.8 Å². The summed E-state index contributed by atoms with van der Waals surface area (Å²) in [5, 5.41) is 10.5. The Morgan fingerprint density at radius 2 is 1.76 bits per heavy atom. The molecular formula is C12H19NO4. The van der Waals surface area contributed by atoms with E-state index in [9.17, 15) is 9.59 Å². The maximum Gasteiger partial charge on any atom is 0.307 e. The quantitative estimate of drug-likeness (QED) is 0.794. The first-order valence-corrected chi connectivity index (χ1v) is 6.37. The van der Waals surface area contributed by atoms with Crippen LogP contribution >= 0.6 is 0 Å². The number of rotatable bonds is 2. The molecule has 2 atom stereocenters. The largest absolute Gasteiger partial charge is 0.481 e. The first-order valence-electron chi connectivity index (χ1n) is 6.37. The standard InChI is InChI=1S/C12H19NO4/c14-11(13-7-3-4-8-17-13)9-5-1-2-6-10(9)12(15)16/h9-10H,1-8H2,(H,15,16)/t9-,10+/m1/s1. The lowest BCUT2D eigenvalue weighted by Gasteiger charge is -2.33. The summed E-state index contributed by atoms with van der Waals surface area (Å²) in [7, 11) is 0. The van der Waals surface area contributed by atoms with Gasteiger partial charge in [0.15, 0.2) is 0 Å². The van der Waals surface area contributed by atoms with Gasteiger partial charge in [-0.25, -0.2) is 5.06 Å². The van der Waals surface area contributed by atoms with Gasteiger partial charge in [-0.1, -0.05) is 12.8 Å². The Bertz CT molecular complexity index is 299. The molecule has 1 N–H and O–H groups in total. The predicted molar refractivity (Wildman–Crippen MR) is 60.0 cm³/mol. The highest BCUT2D eigenvalue weighted by Gasteiger charge is 2.38. The summed E-state index contributed by atoms with van der Waals surface area (Å²) in [4.78, 5) is 28.7. The summed E-state index contributed by atoms with van der Waals surface area (Å²) in [6.07, 6.45) is 5.04. The fourth-order valence-electron chi connectivity index (χ4n) is 2.68. The molecule has 5 heteroatoms. The van der Waals surface area contributed by atoms with Crippen LogP contribution < -0.4 is 0 Å². The Kier molecular flexibility index (Phi) is 3.99. The van der Waals surface area contributed by atoms with Gasteiger partial charge in [0.2, 0.25) is 5.91 Å². The highest BCUT2D eigenvalue weighted by atomic mass is 16.7. The molecule has 0 unspecified atom stereocenters. The number of carboxylic acids is 1. The normalized spacial score (nSPS) is 30.0. The van der Waals surface area contributed by atoms with Crippen molar-refractivity contribution in [3.8, 4) is 0 Å². The van der Waals surface area contributed by atoms with Crippen LogP contribution in [0.1, 0.15) is 38.5 Å². The van der Waals surface area contributed by atoms with E-state index in [2.05, 4.69) is 0 Å². The molecule has 2 aliphatic rings. The minimum absolute atomic E-state index is 0.128. The SMILES string of the molecule is O=C(O)[C@H]1CCCC[C@H]1C(=O)N1CCCCO1. The second-order valence-corrected chi connectivity index (χ2v) is 4.82. The minimum atomic E-state index is -0.847. The van der Waals surface area contributed by atoms with E-state index in [1.165, 1.54) is 5.06 Å². The Morgan fingerprint density at radius 1 is 1.06 bits per heavy atom. The van der Waals surface area contributed by atoms with Gasteiger partial charge in [-0.05, 0) is 25.7 Å². The van der Waals surface area contributed by atoms with Crippen LogP contribution in [0.2, 0.25) is 0 Å².